The van der Waals surface area contributed by atoms with Crippen molar-refractivity contribution in [2.24, 2.45) is 0 Å². The number of benzene rings is 3. The molecule has 1 aliphatic heterocycles. The minimum absolute atomic E-state index is 0.0739. The van der Waals surface area contributed by atoms with Crippen molar-refractivity contribution >= 4 is 28.9 Å². The van der Waals surface area contributed by atoms with Crippen molar-refractivity contribution in [1.82, 2.24) is 5.32 Å². The highest BCUT2D eigenvalue weighted by molar-refractivity contribution is 6.01. The number of carbonyl (C=O) groups is 2. The van der Waals surface area contributed by atoms with E-state index in [2.05, 4.69) is 16.0 Å². The molecule has 34 heavy (non-hydrogen) atoms. The molecule has 0 fully saturated rings. The van der Waals surface area contributed by atoms with E-state index in [9.17, 15) is 19.7 Å². The van der Waals surface area contributed by atoms with Gasteiger partial charge in [0.25, 0.3) is 11.6 Å². The Kier molecular flexibility index (Phi) is 6.58. The highest BCUT2D eigenvalue weighted by Crippen LogP contribution is 2.32. The molecule has 1 aliphatic rings. The van der Waals surface area contributed by atoms with E-state index in [1.165, 1.54) is 12.1 Å². The zero-order valence-electron chi connectivity index (χ0n) is 18.3. The largest absolute Gasteiger partial charge is 0.454 e. The van der Waals surface area contributed by atoms with Crippen LogP contribution in [0.3, 0.4) is 0 Å². The minimum Gasteiger partial charge on any atom is -0.454 e. The number of fused-ring (bicyclic) bond motifs is 1. The third-order valence-corrected chi connectivity index (χ3v) is 5.28. The van der Waals surface area contributed by atoms with Gasteiger partial charge in [-0.25, -0.2) is 0 Å². The summed E-state index contributed by atoms with van der Waals surface area (Å²) in [6, 6.07) is 16.8. The van der Waals surface area contributed by atoms with Crippen LogP contribution in [-0.2, 0) is 11.3 Å². The maximum atomic E-state index is 12.8. The summed E-state index contributed by atoms with van der Waals surface area (Å²) in [6.07, 6.45) is 0. The van der Waals surface area contributed by atoms with Crippen LogP contribution in [0.25, 0.3) is 0 Å². The molecule has 0 aliphatic carbocycles. The normalized spacial score (nSPS) is 11.6. The highest BCUT2D eigenvalue weighted by atomic mass is 16.7. The van der Waals surface area contributed by atoms with Gasteiger partial charge in [0.15, 0.2) is 11.5 Å². The van der Waals surface area contributed by atoms with E-state index < -0.39 is 10.8 Å². The number of carbonyl (C=O) groups excluding carboxylic acids is 2. The molecular formula is C24H22N4O6. The fourth-order valence-electron chi connectivity index (χ4n) is 3.49. The third-order valence-electron chi connectivity index (χ3n) is 5.28. The molecule has 1 heterocycles. The molecule has 10 nitrogen and oxygen atoms in total. The summed E-state index contributed by atoms with van der Waals surface area (Å²) in [6.45, 7) is 1.91. The van der Waals surface area contributed by atoms with Crippen LogP contribution in [0.5, 0.6) is 11.5 Å². The van der Waals surface area contributed by atoms with Crippen molar-refractivity contribution in [2.45, 2.75) is 13.5 Å². The van der Waals surface area contributed by atoms with E-state index in [1.807, 2.05) is 12.1 Å². The Morgan fingerprint density at radius 3 is 2.59 bits per heavy atom. The summed E-state index contributed by atoms with van der Waals surface area (Å²) in [7, 11) is 0. The molecule has 2 amide bonds. The van der Waals surface area contributed by atoms with Crippen LogP contribution >= 0.6 is 0 Å². The number of ether oxygens (including phenoxy) is 2. The van der Waals surface area contributed by atoms with Gasteiger partial charge in [-0.1, -0.05) is 24.3 Å². The maximum absolute atomic E-state index is 12.8. The summed E-state index contributed by atoms with van der Waals surface area (Å²) in [5.74, 6) is 0.594. The number of anilines is 2. The Hall–Kier alpha value is -4.60. The van der Waals surface area contributed by atoms with Crippen LogP contribution in [0.2, 0.25) is 0 Å². The van der Waals surface area contributed by atoms with Crippen molar-refractivity contribution in [3.63, 3.8) is 0 Å². The zero-order chi connectivity index (χ0) is 24.1. The lowest BCUT2D eigenvalue weighted by Crippen LogP contribution is -2.26. The second kappa shape index (κ2) is 9.90. The molecular weight excluding hydrogens is 440 g/mol. The van der Waals surface area contributed by atoms with Crippen LogP contribution in [0.15, 0.2) is 60.7 Å². The first-order chi connectivity index (χ1) is 16.4. The molecule has 0 saturated heterocycles. The van der Waals surface area contributed by atoms with Crippen LogP contribution in [0.4, 0.5) is 17.1 Å². The number of nitro groups is 1. The van der Waals surface area contributed by atoms with Gasteiger partial charge in [-0.3, -0.25) is 19.7 Å². The first-order valence-corrected chi connectivity index (χ1v) is 10.5. The van der Waals surface area contributed by atoms with E-state index in [1.54, 1.807) is 43.3 Å². The maximum Gasteiger partial charge on any atom is 0.274 e. The monoisotopic (exact) mass is 462 g/mol. The Balaban J connectivity index is 1.36. The third kappa shape index (κ3) is 5.07. The van der Waals surface area contributed by atoms with Crippen molar-refractivity contribution in [1.29, 1.82) is 0 Å². The molecule has 0 radical (unpaired) electrons. The van der Waals surface area contributed by atoms with Crippen LogP contribution in [0.1, 0.15) is 21.5 Å². The van der Waals surface area contributed by atoms with Crippen LogP contribution in [0, 0.1) is 17.0 Å². The Labute approximate surface area is 195 Å². The van der Waals surface area contributed by atoms with Gasteiger partial charge in [0.05, 0.1) is 28.3 Å². The van der Waals surface area contributed by atoms with Gasteiger partial charge in [-0.15, -0.1) is 0 Å². The smallest absolute Gasteiger partial charge is 0.274 e. The molecule has 3 aromatic carbocycles. The van der Waals surface area contributed by atoms with Gasteiger partial charge in [0, 0.05) is 18.3 Å². The number of nitrogens with one attached hydrogen (secondary N) is 3. The first kappa shape index (κ1) is 22.6. The lowest BCUT2D eigenvalue weighted by Gasteiger charge is -2.13. The fraction of sp³-hybridized carbons (Fsp3) is 0.167. The number of nitro benzene ring substituents is 1. The van der Waals surface area contributed by atoms with Gasteiger partial charge in [-0.05, 0) is 42.8 Å². The predicted molar refractivity (Wildman–Crippen MR) is 125 cm³/mol. The summed E-state index contributed by atoms with van der Waals surface area (Å²) >= 11 is 0. The minimum atomic E-state index is -0.498. The van der Waals surface area contributed by atoms with Crippen molar-refractivity contribution < 1.29 is 24.0 Å². The first-order valence-electron chi connectivity index (χ1n) is 10.5. The van der Waals surface area contributed by atoms with Crippen molar-refractivity contribution in [3.05, 3.63) is 87.5 Å². The molecule has 0 spiro atoms. The van der Waals surface area contributed by atoms with Gasteiger partial charge in [0.2, 0.25) is 12.7 Å². The lowest BCUT2D eigenvalue weighted by atomic mass is 10.1. The topological polar surface area (TPSA) is 132 Å². The summed E-state index contributed by atoms with van der Waals surface area (Å²) in [5, 5.41) is 19.6. The molecule has 10 heteroatoms. The Morgan fingerprint density at radius 2 is 1.76 bits per heavy atom. The average molecular weight is 462 g/mol. The Morgan fingerprint density at radius 1 is 1.00 bits per heavy atom. The van der Waals surface area contributed by atoms with Crippen LogP contribution < -0.4 is 25.4 Å². The van der Waals surface area contributed by atoms with E-state index in [0.717, 1.165) is 5.56 Å². The number of hydrogen-bond donors (Lipinski definition) is 3. The fourth-order valence-corrected chi connectivity index (χ4v) is 3.49. The number of rotatable bonds is 8. The molecule has 0 atom stereocenters. The lowest BCUT2D eigenvalue weighted by molar-refractivity contribution is -0.385. The SMILES string of the molecule is Cc1c(NC(=O)CNc2ccccc2C(=O)NCc2ccc3c(c2)OCO3)cccc1[N+](=O)[O-]. The van der Waals surface area contributed by atoms with Gasteiger partial charge < -0.3 is 25.4 Å². The van der Waals surface area contributed by atoms with E-state index >= 15 is 0 Å². The average Bonchev–Trinajstić information content (AvgIpc) is 3.30. The van der Waals surface area contributed by atoms with Gasteiger partial charge in [-0.2, -0.15) is 0 Å². The van der Waals surface area contributed by atoms with Crippen LogP contribution in [-0.4, -0.2) is 30.1 Å². The quantitative estimate of drug-likeness (QED) is 0.344. The van der Waals surface area contributed by atoms with Gasteiger partial charge in [0.1, 0.15) is 0 Å². The molecule has 0 saturated carbocycles. The second-order valence-electron chi connectivity index (χ2n) is 7.52. The molecule has 4 rings (SSSR count). The molecule has 0 bridgehead atoms. The van der Waals surface area contributed by atoms with Crippen molar-refractivity contribution in [3.8, 4) is 11.5 Å². The number of hydrogen-bond acceptors (Lipinski definition) is 7. The molecule has 0 aromatic heterocycles. The molecule has 0 unspecified atom stereocenters. The standard InChI is InChI=1S/C24H22N4O6/c1-15-18(7-4-8-20(15)28(31)32)27-23(29)13-25-19-6-3-2-5-17(19)24(30)26-12-16-9-10-21-22(11-16)34-14-33-21/h2-11,25H,12-14H2,1H3,(H,26,30)(H,27,29). The highest BCUT2D eigenvalue weighted by Gasteiger charge is 2.17. The number of nitrogens with zero attached hydrogens (tertiary/aromatic N) is 1. The molecule has 3 N–H and O–H groups in total. The number of amides is 2. The van der Waals surface area contributed by atoms with Gasteiger partial charge >= 0.3 is 0 Å². The molecule has 3 aromatic rings. The van der Waals surface area contributed by atoms with Crippen molar-refractivity contribution in [2.75, 3.05) is 24.0 Å². The number of para-hydroxylation sites is 1. The zero-order valence-corrected chi connectivity index (χ0v) is 18.3. The summed E-state index contributed by atoms with van der Waals surface area (Å²) in [4.78, 5) is 35.8. The van der Waals surface area contributed by atoms with E-state index in [-0.39, 0.29) is 31.5 Å². The Bertz CT molecular complexity index is 1260. The predicted octanol–water partition coefficient (Wildman–Crippen LogP) is 3.61. The van der Waals surface area contributed by atoms with E-state index in [4.69, 9.17) is 9.47 Å². The summed E-state index contributed by atoms with van der Waals surface area (Å²) in [5.41, 5.74) is 2.36. The second-order valence-corrected chi connectivity index (χ2v) is 7.52. The van der Waals surface area contributed by atoms with E-state index in [0.29, 0.717) is 34.0 Å². The summed E-state index contributed by atoms with van der Waals surface area (Å²) < 4.78 is 10.6. The molecule has 174 valence electrons.